The number of halogens is 4. The highest BCUT2D eigenvalue weighted by atomic mass is 19.4. The van der Waals surface area contributed by atoms with Crippen LogP contribution in [0.15, 0.2) is 55.0 Å². The summed E-state index contributed by atoms with van der Waals surface area (Å²) >= 11 is 0. The SMILES string of the molecule is COc1cc(-c2nc(NCc3ccc(-c4nc(C(F)(F)F)cn4C)cc3)c3[nH]cnc3n2)ccc1F. The summed E-state index contributed by atoms with van der Waals surface area (Å²) in [5.74, 6) is 0.614. The molecule has 184 valence electrons. The number of benzene rings is 2. The van der Waals surface area contributed by atoms with Crippen LogP contribution in [-0.2, 0) is 19.8 Å². The topological polar surface area (TPSA) is 93.5 Å². The zero-order valence-corrected chi connectivity index (χ0v) is 19.1. The Morgan fingerprint density at radius 2 is 1.78 bits per heavy atom. The number of fused-ring (bicyclic) bond motifs is 1. The molecule has 0 saturated carbocycles. The van der Waals surface area contributed by atoms with Gasteiger partial charge in [-0.1, -0.05) is 24.3 Å². The van der Waals surface area contributed by atoms with Crippen LogP contribution in [-0.4, -0.2) is 36.6 Å². The van der Waals surface area contributed by atoms with Crippen molar-refractivity contribution in [2.24, 2.45) is 7.05 Å². The van der Waals surface area contributed by atoms with E-state index >= 15 is 0 Å². The number of rotatable bonds is 6. The third-order valence-electron chi connectivity index (χ3n) is 5.53. The molecule has 0 amide bonds. The molecule has 0 aliphatic carbocycles. The molecule has 2 aromatic carbocycles. The number of hydrogen-bond acceptors (Lipinski definition) is 6. The molecule has 2 N–H and O–H groups in total. The predicted octanol–water partition coefficient (Wildman–Crippen LogP) is 5.20. The number of imidazole rings is 2. The maximum Gasteiger partial charge on any atom is 0.434 e. The second-order valence-electron chi connectivity index (χ2n) is 7.96. The number of nitrogens with zero attached hydrogens (tertiary/aromatic N) is 5. The number of H-pyrrole nitrogens is 1. The molecule has 0 atom stereocenters. The molecule has 12 heteroatoms. The van der Waals surface area contributed by atoms with Gasteiger partial charge in [-0.3, -0.25) is 0 Å². The number of aryl methyl sites for hydroxylation is 1. The van der Waals surface area contributed by atoms with E-state index in [0.717, 1.165) is 11.8 Å². The number of nitrogens with one attached hydrogen (secondary N) is 2. The van der Waals surface area contributed by atoms with E-state index in [4.69, 9.17) is 4.74 Å². The van der Waals surface area contributed by atoms with E-state index in [9.17, 15) is 17.6 Å². The van der Waals surface area contributed by atoms with Crippen LogP contribution in [0, 0.1) is 5.82 Å². The van der Waals surface area contributed by atoms with Gasteiger partial charge in [0.1, 0.15) is 11.3 Å². The summed E-state index contributed by atoms with van der Waals surface area (Å²) in [5.41, 5.74) is 2.06. The van der Waals surface area contributed by atoms with E-state index in [-0.39, 0.29) is 11.6 Å². The first-order valence-corrected chi connectivity index (χ1v) is 10.7. The van der Waals surface area contributed by atoms with Gasteiger partial charge in [-0.25, -0.2) is 24.3 Å². The van der Waals surface area contributed by atoms with Crippen molar-refractivity contribution in [1.82, 2.24) is 29.5 Å². The molecular weight excluding hydrogens is 478 g/mol. The first-order valence-electron chi connectivity index (χ1n) is 10.7. The average molecular weight is 497 g/mol. The molecule has 0 spiro atoms. The van der Waals surface area contributed by atoms with Crippen LogP contribution in [0.5, 0.6) is 5.75 Å². The quantitative estimate of drug-likeness (QED) is 0.313. The fraction of sp³-hybridized carbons (Fsp3) is 0.167. The lowest BCUT2D eigenvalue weighted by Gasteiger charge is -2.10. The van der Waals surface area contributed by atoms with E-state index in [1.807, 2.05) is 0 Å². The predicted molar refractivity (Wildman–Crippen MR) is 125 cm³/mol. The molecule has 3 aromatic heterocycles. The first-order chi connectivity index (χ1) is 17.2. The molecular formula is C24H19F4N7O. The van der Waals surface area contributed by atoms with Crippen molar-refractivity contribution in [3.8, 4) is 28.5 Å². The van der Waals surface area contributed by atoms with Crippen LogP contribution in [0.1, 0.15) is 11.3 Å². The van der Waals surface area contributed by atoms with E-state index in [1.54, 1.807) is 30.3 Å². The smallest absolute Gasteiger partial charge is 0.434 e. The Kier molecular flexibility index (Phi) is 5.78. The molecule has 3 heterocycles. The summed E-state index contributed by atoms with van der Waals surface area (Å²) in [7, 11) is 2.90. The monoisotopic (exact) mass is 497 g/mol. The zero-order valence-electron chi connectivity index (χ0n) is 19.1. The lowest BCUT2D eigenvalue weighted by molar-refractivity contribution is -0.140. The molecule has 8 nitrogen and oxygen atoms in total. The van der Waals surface area contributed by atoms with Crippen LogP contribution in [0.3, 0.4) is 0 Å². The highest BCUT2D eigenvalue weighted by molar-refractivity contribution is 5.84. The van der Waals surface area contributed by atoms with Crippen molar-refractivity contribution < 1.29 is 22.3 Å². The summed E-state index contributed by atoms with van der Waals surface area (Å²) in [6, 6.07) is 11.3. The second kappa shape index (κ2) is 8.95. The number of alkyl halides is 3. The summed E-state index contributed by atoms with van der Waals surface area (Å²) in [4.78, 5) is 19.9. The first kappa shape index (κ1) is 23.3. The summed E-state index contributed by atoms with van der Waals surface area (Å²) in [6.07, 6.45) is -2.05. The lowest BCUT2D eigenvalue weighted by atomic mass is 10.1. The minimum atomic E-state index is -4.51. The van der Waals surface area contributed by atoms with Gasteiger partial charge in [0.15, 0.2) is 34.6 Å². The van der Waals surface area contributed by atoms with Gasteiger partial charge in [0, 0.05) is 30.9 Å². The summed E-state index contributed by atoms with van der Waals surface area (Å²) in [5, 5.41) is 3.24. The number of aromatic amines is 1. The van der Waals surface area contributed by atoms with Gasteiger partial charge >= 0.3 is 6.18 Å². The average Bonchev–Trinajstić information content (AvgIpc) is 3.50. The maximum absolute atomic E-state index is 13.8. The fourth-order valence-electron chi connectivity index (χ4n) is 3.72. The Morgan fingerprint density at radius 3 is 2.47 bits per heavy atom. The van der Waals surface area contributed by atoms with Crippen molar-refractivity contribution in [3.63, 3.8) is 0 Å². The van der Waals surface area contributed by atoms with E-state index < -0.39 is 17.7 Å². The van der Waals surface area contributed by atoms with Crippen molar-refractivity contribution in [3.05, 3.63) is 72.1 Å². The van der Waals surface area contributed by atoms with Crippen molar-refractivity contribution in [2.45, 2.75) is 12.7 Å². The van der Waals surface area contributed by atoms with E-state index in [0.29, 0.717) is 40.5 Å². The number of aromatic nitrogens is 6. The highest BCUT2D eigenvalue weighted by Gasteiger charge is 2.34. The molecule has 5 rings (SSSR count). The molecule has 0 aliphatic heterocycles. The minimum absolute atomic E-state index is 0.0721. The molecule has 0 bridgehead atoms. The second-order valence-corrected chi connectivity index (χ2v) is 7.96. The standard InChI is InChI=1S/C24H19F4N7O/c1-35-11-18(24(26,27)28)32-23(35)14-5-3-13(4-6-14)10-29-21-19-22(31-12-30-19)34-20(33-21)15-7-8-16(25)17(9-15)36-2/h3-9,11-12H,10H2,1-2H3,(H2,29,30,31,33,34). The van der Waals surface area contributed by atoms with Gasteiger partial charge < -0.3 is 19.6 Å². The Labute approximate surface area is 202 Å². The van der Waals surface area contributed by atoms with Gasteiger partial charge in [-0.05, 0) is 23.8 Å². The fourth-order valence-corrected chi connectivity index (χ4v) is 3.72. The Hall–Kier alpha value is -4.48. The van der Waals surface area contributed by atoms with Gasteiger partial charge in [-0.15, -0.1) is 0 Å². The third-order valence-corrected chi connectivity index (χ3v) is 5.53. The molecule has 0 fully saturated rings. The largest absolute Gasteiger partial charge is 0.494 e. The van der Waals surface area contributed by atoms with Crippen molar-refractivity contribution >= 4 is 17.0 Å². The molecule has 0 unspecified atom stereocenters. The zero-order chi connectivity index (χ0) is 25.4. The molecule has 0 saturated heterocycles. The summed E-state index contributed by atoms with van der Waals surface area (Å²) < 4.78 is 59.2. The van der Waals surface area contributed by atoms with Crippen molar-refractivity contribution in [1.29, 1.82) is 0 Å². The Morgan fingerprint density at radius 1 is 1.03 bits per heavy atom. The van der Waals surface area contributed by atoms with Gasteiger partial charge in [-0.2, -0.15) is 13.2 Å². The Bertz CT molecular complexity index is 1540. The van der Waals surface area contributed by atoms with Crippen molar-refractivity contribution in [2.75, 3.05) is 12.4 Å². The number of ether oxygens (including phenoxy) is 1. The molecule has 0 aliphatic rings. The Balaban J connectivity index is 1.39. The number of methoxy groups -OCH3 is 1. The van der Waals surface area contributed by atoms with Crippen LogP contribution in [0.25, 0.3) is 33.9 Å². The van der Waals surface area contributed by atoms with Crippen LogP contribution in [0.4, 0.5) is 23.4 Å². The van der Waals surface area contributed by atoms with Gasteiger partial charge in [0.2, 0.25) is 0 Å². The molecule has 5 aromatic rings. The third kappa shape index (κ3) is 4.44. The number of hydrogen-bond donors (Lipinski definition) is 2. The molecule has 0 radical (unpaired) electrons. The normalized spacial score (nSPS) is 11.7. The van der Waals surface area contributed by atoms with Crippen LogP contribution < -0.4 is 10.1 Å². The lowest BCUT2D eigenvalue weighted by Crippen LogP contribution is -2.05. The van der Waals surface area contributed by atoms with E-state index in [1.165, 1.54) is 37.2 Å². The van der Waals surface area contributed by atoms with Gasteiger partial charge in [0.25, 0.3) is 0 Å². The van der Waals surface area contributed by atoms with Crippen LogP contribution >= 0.6 is 0 Å². The van der Waals surface area contributed by atoms with Crippen LogP contribution in [0.2, 0.25) is 0 Å². The highest BCUT2D eigenvalue weighted by Crippen LogP contribution is 2.31. The molecule has 36 heavy (non-hydrogen) atoms. The minimum Gasteiger partial charge on any atom is -0.494 e. The number of anilines is 1. The maximum atomic E-state index is 13.8. The van der Waals surface area contributed by atoms with Gasteiger partial charge in [0.05, 0.1) is 13.4 Å². The van der Waals surface area contributed by atoms with E-state index in [2.05, 4.69) is 30.2 Å². The summed E-state index contributed by atoms with van der Waals surface area (Å²) in [6.45, 7) is 0.367.